The van der Waals surface area contributed by atoms with E-state index in [1.807, 2.05) is 0 Å². The first kappa shape index (κ1) is 18.4. The molecule has 24 heavy (non-hydrogen) atoms. The molecule has 0 atom stereocenters. The maximum Gasteiger partial charge on any atom is 0.221 e. The van der Waals surface area contributed by atoms with Crippen molar-refractivity contribution in [3.05, 3.63) is 64.9 Å². The predicted molar refractivity (Wildman–Crippen MR) is 91.2 cm³/mol. The monoisotopic (exact) mass is 369 g/mol. The van der Waals surface area contributed by atoms with Crippen LogP contribution >= 0.6 is 11.6 Å². The van der Waals surface area contributed by atoms with E-state index in [4.69, 9.17) is 11.6 Å². The second kappa shape index (κ2) is 8.26. The van der Waals surface area contributed by atoms with Crippen LogP contribution in [-0.2, 0) is 21.1 Å². The lowest BCUT2D eigenvalue weighted by atomic mass is 10.1. The van der Waals surface area contributed by atoms with E-state index >= 15 is 0 Å². The maximum atomic E-state index is 13.0. The van der Waals surface area contributed by atoms with Crippen molar-refractivity contribution >= 4 is 27.3 Å². The largest absolute Gasteiger partial charge is 0.356 e. The molecule has 0 spiro atoms. The molecule has 7 heteroatoms. The van der Waals surface area contributed by atoms with E-state index in [1.165, 1.54) is 36.4 Å². The number of hydrogen-bond donors (Lipinski definition) is 1. The average Bonchev–Trinajstić information content (AvgIpc) is 2.54. The number of amides is 1. The predicted octanol–water partition coefficient (Wildman–Crippen LogP) is 3.00. The number of halogens is 2. The molecule has 0 aliphatic carbocycles. The molecule has 1 N–H and O–H groups in total. The number of carbonyl (C=O) groups excluding carboxylic acids is 1. The van der Waals surface area contributed by atoms with E-state index in [-0.39, 0.29) is 28.8 Å². The molecule has 0 saturated heterocycles. The number of rotatable bonds is 7. The van der Waals surface area contributed by atoms with Crippen molar-refractivity contribution in [1.29, 1.82) is 0 Å². The molecule has 2 rings (SSSR count). The zero-order valence-electron chi connectivity index (χ0n) is 12.8. The minimum Gasteiger partial charge on any atom is -0.356 e. The summed E-state index contributed by atoms with van der Waals surface area (Å²) < 4.78 is 37.3. The van der Waals surface area contributed by atoms with Gasteiger partial charge in [0.15, 0.2) is 9.84 Å². The molecule has 1 amide bonds. The number of nitrogens with one attached hydrogen (secondary N) is 1. The Morgan fingerprint density at radius 3 is 2.50 bits per heavy atom. The Balaban J connectivity index is 1.79. The molecule has 0 fully saturated rings. The summed E-state index contributed by atoms with van der Waals surface area (Å²) in [4.78, 5) is 11.9. The number of sulfone groups is 1. The van der Waals surface area contributed by atoms with Gasteiger partial charge in [-0.15, -0.1) is 0 Å². The fourth-order valence-electron chi connectivity index (χ4n) is 2.11. The number of carbonyl (C=O) groups is 1. The summed E-state index contributed by atoms with van der Waals surface area (Å²) in [6, 6.07) is 11.9. The van der Waals surface area contributed by atoms with Gasteiger partial charge in [0.25, 0.3) is 0 Å². The minimum atomic E-state index is -3.52. The third-order valence-electron chi connectivity index (χ3n) is 3.40. The van der Waals surface area contributed by atoms with Crippen LogP contribution < -0.4 is 5.32 Å². The highest BCUT2D eigenvalue weighted by Gasteiger charge is 2.16. The van der Waals surface area contributed by atoms with Crippen LogP contribution in [0.5, 0.6) is 0 Å². The van der Waals surface area contributed by atoms with Crippen molar-refractivity contribution in [2.24, 2.45) is 0 Å². The molecular weight excluding hydrogens is 353 g/mol. The number of benzene rings is 2. The smallest absolute Gasteiger partial charge is 0.221 e. The van der Waals surface area contributed by atoms with E-state index in [2.05, 4.69) is 5.32 Å². The van der Waals surface area contributed by atoms with Gasteiger partial charge in [-0.05, 0) is 48.4 Å². The standard InChI is InChI=1S/C17H17ClFNO3S/c18-14-4-6-16(7-5-14)24(22,23)11-9-17(21)20-10-8-13-2-1-3-15(19)12-13/h1-7,12H,8-11H2,(H,20,21). The Morgan fingerprint density at radius 1 is 1.12 bits per heavy atom. The molecule has 4 nitrogen and oxygen atoms in total. The molecule has 0 heterocycles. The van der Waals surface area contributed by atoms with E-state index < -0.39 is 9.84 Å². The van der Waals surface area contributed by atoms with Crippen molar-refractivity contribution < 1.29 is 17.6 Å². The summed E-state index contributed by atoms with van der Waals surface area (Å²) in [6.45, 7) is 0.323. The first-order chi connectivity index (χ1) is 11.4. The van der Waals surface area contributed by atoms with Gasteiger partial charge in [-0.25, -0.2) is 12.8 Å². The molecular formula is C17H17ClFNO3S. The Morgan fingerprint density at radius 2 is 1.83 bits per heavy atom. The van der Waals surface area contributed by atoms with Gasteiger partial charge in [0.2, 0.25) is 5.91 Å². The van der Waals surface area contributed by atoms with Gasteiger partial charge in [0.05, 0.1) is 10.6 Å². The molecule has 0 bridgehead atoms. The van der Waals surface area contributed by atoms with Crippen molar-refractivity contribution in [1.82, 2.24) is 5.32 Å². The molecule has 0 aliphatic rings. The zero-order valence-corrected chi connectivity index (χ0v) is 14.4. The van der Waals surface area contributed by atoms with Crippen LogP contribution in [0.15, 0.2) is 53.4 Å². The third-order valence-corrected chi connectivity index (χ3v) is 5.38. The second-order valence-electron chi connectivity index (χ2n) is 5.25. The molecule has 128 valence electrons. The summed E-state index contributed by atoms with van der Waals surface area (Å²) in [5.74, 6) is -0.961. The number of hydrogen-bond acceptors (Lipinski definition) is 3. The van der Waals surface area contributed by atoms with Crippen LogP contribution in [0.1, 0.15) is 12.0 Å². The van der Waals surface area contributed by atoms with Crippen LogP contribution in [-0.4, -0.2) is 26.6 Å². The fourth-order valence-corrected chi connectivity index (χ4v) is 3.48. The normalized spacial score (nSPS) is 11.2. The van der Waals surface area contributed by atoms with Gasteiger partial charge >= 0.3 is 0 Å². The molecule has 0 aliphatic heterocycles. The van der Waals surface area contributed by atoms with E-state index in [9.17, 15) is 17.6 Å². The van der Waals surface area contributed by atoms with Crippen LogP contribution in [0.4, 0.5) is 4.39 Å². The van der Waals surface area contributed by atoms with Gasteiger partial charge in [0, 0.05) is 18.0 Å². The molecule has 2 aromatic carbocycles. The maximum absolute atomic E-state index is 13.0. The Kier molecular flexibility index (Phi) is 6.34. The highest BCUT2D eigenvalue weighted by atomic mass is 35.5. The Hall–Kier alpha value is -1.92. The summed E-state index contributed by atoms with van der Waals surface area (Å²) in [5.41, 5.74) is 0.768. The fraction of sp³-hybridized carbons (Fsp3) is 0.235. The third kappa shape index (κ3) is 5.62. The molecule has 0 unspecified atom stereocenters. The first-order valence-corrected chi connectivity index (χ1v) is 9.39. The second-order valence-corrected chi connectivity index (χ2v) is 7.80. The van der Waals surface area contributed by atoms with Crippen LogP contribution in [0, 0.1) is 5.82 Å². The van der Waals surface area contributed by atoms with E-state index in [0.717, 1.165) is 5.56 Å². The lowest BCUT2D eigenvalue weighted by molar-refractivity contribution is -0.120. The summed E-state index contributed by atoms with van der Waals surface area (Å²) >= 11 is 5.72. The lowest BCUT2D eigenvalue weighted by Crippen LogP contribution is -2.27. The van der Waals surface area contributed by atoms with Crippen molar-refractivity contribution in [3.63, 3.8) is 0 Å². The van der Waals surface area contributed by atoms with E-state index in [1.54, 1.807) is 12.1 Å². The van der Waals surface area contributed by atoms with Gasteiger partial charge in [-0.1, -0.05) is 23.7 Å². The zero-order chi connectivity index (χ0) is 17.6. The van der Waals surface area contributed by atoms with Crippen LogP contribution in [0.25, 0.3) is 0 Å². The van der Waals surface area contributed by atoms with Gasteiger partial charge < -0.3 is 5.32 Å². The Bertz CT molecular complexity index is 807. The first-order valence-electron chi connectivity index (χ1n) is 7.36. The SMILES string of the molecule is O=C(CCS(=O)(=O)c1ccc(Cl)cc1)NCCc1cccc(F)c1. The highest BCUT2D eigenvalue weighted by Crippen LogP contribution is 2.16. The molecule has 0 aromatic heterocycles. The molecule has 2 aromatic rings. The topological polar surface area (TPSA) is 63.2 Å². The minimum absolute atomic E-state index is 0.131. The van der Waals surface area contributed by atoms with Gasteiger partial charge in [-0.3, -0.25) is 4.79 Å². The van der Waals surface area contributed by atoms with Gasteiger partial charge in [0.1, 0.15) is 5.82 Å². The Labute approximate surface area is 145 Å². The van der Waals surface area contributed by atoms with Crippen molar-refractivity contribution in [2.45, 2.75) is 17.7 Å². The van der Waals surface area contributed by atoms with Crippen LogP contribution in [0.2, 0.25) is 5.02 Å². The van der Waals surface area contributed by atoms with Gasteiger partial charge in [-0.2, -0.15) is 0 Å². The quantitative estimate of drug-likeness (QED) is 0.816. The lowest BCUT2D eigenvalue weighted by Gasteiger charge is -2.07. The summed E-state index contributed by atoms with van der Waals surface area (Å²) in [6.07, 6.45) is 0.349. The summed E-state index contributed by atoms with van der Waals surface area (Å²) in [5, 5.41) is 3.09. The van der Waals surface area contributed by atoms with Crippen molar-refractivity contribution in [2.75, 3.05) is 12.3 Å². The molecule has 0 saturated carbocycles. The van der Waals surface area contributed by atoms with Crippen molar-refractivity contribution in [3.8, 4) is 0 Å². The van der Waals surface area contributed by atoms with E-state index in [0.29, 0.717) is 18.0 Å². The molecule has 0 radical (unpaired) electrons. The average molecular weight is 370 g/mol. The van der Waals surface area contributed by atoms with Crippen LogP contribution in [0.3, 0.4) is 0 Å². The summed E-state index contributed by atoms with van der Waals surface area (Å²) in [7, 11) is -3.52. The highest BCUT2D eigenvalue weighted by molar-refractivity contribution is 7.91.